The average molecular weight is 386 g/mol. The molecule has 0 aliphatic heterocycles. The molecule has 1 aromatic carbocycles. The van der Waals surface area contributed by atoms with Crippen LogP contribution in [-0.2, 0) is 14.6 Å². The molecule has 0 aliphatic rings. The molecular weight excluding hydrogens is 366 g/mol. The Morgan fingerprint density at radius 3 is 2.42 bits per heavy atom. The lowest BCUT2D eigenvalue weighted by Crippen LogP contribution is -2.32. The molecule has 1 N–H and O–H groups in total. The van der Waals surface area contributed by atoms with Crippen molar-refractivity contribution in [2.45, 2.75) is 29.7 Å². The van der Waals surface area contributed by atoms with Crippen LogP contribution in [0.1, 0.15) is 31.1 Å². The van der Waals surface area contributed by atoms with Crippen molar-refractivity contribution in [1.29, 1.82) is 0 Å². The Labute approximate surface area is 151 Å². The van der Waals surface area contributed by atoms with Crippen LogP contribution in [0.4, 0.5) is 0 Å². The second-order valence-corrected chi connectivity index (χ2v) is 9.66. The van der Waals surface area contributed by atoms with Gasteiger partial charge < -0.3 is 5.32 Å². The third-order valence-corrected chi connectivity index (χ3v) is 7.25. The summed E-state index contributed by atoms with van der Waals surface area (Å²) in [6.45, 7) is 3.92. The van der Waals surface area contributed by atoms with Gasteiger partial charge in [-0.05, 0) is 35.1 Å². The Kier molecular flexibility index (Phi) is 6.43. The standard InChI is InChI=1S/C17H20ClNO3S2/c1-12(2)10-16(20)19-11-15(13-5-7-14(18)8-6-13)24(21,22)17-4-3-9-23-17/h3-9,12,15H,10-11H2,1-2H3,(H,19,20)/t15-/m1/s1. The molecule has 1 heterocycles. The Bertz CT molecular complexity index is 769. The summed E-state index contributed by atoms with van der Waals surface area (Å²) >= 11 is 7.07. The number of hydrogen-bond donors (Lipinski definition) is 1. The molecule has 2 rings (SSSR count). The van der Waals surface area contributed by atoms with Crippen molar-refractivity contribution in [1.82, 2.24) is 5.32 Å². The van der Waals surface area contributed by atoms with Gasteiger partial charge in [0.1, 0.15) is 9.46 Å². The van der Waals surface area contributed by atoms with Gasteiger partial charge in [0, 0.05) is 18.0 Å². The molecule has 2 aromatic rings. The number of sulfone groups is 1. The first kappa shape index (κ1) is 19.0. The zero-order valence-electron chi connectivity index (χ0n) is 13.5. The summed E-state index contributed by atoms with van der Waals surface area (Å²) in [7, 11) is -3.59. The topological polar surface area (TPSA) is 63.2 Å². The molecule has 1 amide bonds. The number of amides is 1. The van der Waals surface area contributed by atoms with Crippen LogP contribution in [0.5, 0.6) is 0 Å². The maximum atomic E-state index is 12.9. The number of carbonyl (C=O) groups is 1. The molecule has 0 fully saturated rings. The highest BCUT2D eigenvalue weighted by Gasteiger charge is 2.30. The van der Waals surface area contributed by atoms with Gasteiger partial charge in [-0.3, -0.25) is 4.79 Å². The minimum atomic E-state index is -3.59. The molecule has 24 heavy (non-hydrogen) atoms. The lowest BCUT2D eigenvalue weighted by Gasteiger charge is -2.18. The lowest BCUT2D eigenvalue weighted by molar-refractivity contribution is -0.121. The molecule has 4 nitrogen and oxygen atoms in total. The van der Waals surface area contributed by atoms with E-state index in [0.29, 0.717) is 21.2 Å². The fraction of sp³-hybridized carbons (Fsp3) is 0.353. The van der Waals surface area contributed by atoms with E-state index in [1.807, 2.05) is 13.8 Å². The summed E-state index contributed by atoms with van der Waals surface area (Å²) in [6.07, 6.45) is 0.367. The molecule has 0 aliphatic carbocycles. The minimum absolute atomic E-state index is 0.0351. The molecule has 1 aromatic heterocycles. The Balaban J connectivity index is 2.28. The first-order chi connectivity index (χ1) is 11.3. The van der Waals surface area contributed by atoms with Crippen LogP contribution >= 0.6 is 22.9 Å². The molecule has 0 spiro atoms. The summed E-state index contributed by atoms with van der Waals surface area (Å²) < 4.78 is 26.2. The van der Waals surface area contributed by atoms with Crippen LogP contribution in [0, 0.1) is 5.92 Å². The normalized spacial score (nSPS) is 13.0. The van der Waals surface area contributed by atoms with Crippen LogP contribution in [-0.4, -0.2) is 20.9 Å². The molecule has 7 heteroatoms. The highest BCUT2D eigenvalue weighted by molar-refractivity contribution is 7.93. The van der Waals surface area contributed by atoms with Crippen LogP contribution in [0.15, 0.2) is 46.0 Å². The fourth-order valence-electron chi connectivity index (χ4n) is 2.30. The van der Waals surface area contributed by atoms with Crippen LogP contribution < -0.4 is 5.32 Å². The number of rotatable bonds is 7. The Hall–Kier alpha value is -1.37. The third kappa shape index (κ3) is 4.82. The van der Waals surface area contributed by atoms with Gasteiger partial charge in [-0.25, -0.2) is 8.42 Å². The summed E-state index contributed by atoms with van der Waals surface area (Å²) in [5, 5.41) is 4.17. The van der Waals surface area contributed by atoms with Crippen molar-refractivity contribution in [2.75, 3.05) is 6.54 Å². The van der Waals surface area contributed by atoms with Gasteiger partial charge in [0.25, 0.3) is 0 Å². The molecule has 0 saturated heterocycles. The zero-order chi connectivity index (χ0) is 17.7. The number of nitrogens with one attached hydrogen (secondary N) is 1. The van der Waals surface area contributed by atoms with Crippen molar-refractivity contribution in [2.24, 2.45) is 5.92 Å². The van der Waals surface area contributed by atoms with Gasteiger partial charge in [0.15, 0.2) is 9.84 Å². The molecule has 0 unspecified atom stereocenters. The molecule has 0 saturated carbocycles. The maximum Gasteiger partial charge on any atom is 0.220 e. The van der Waals surface area contributed by atoms with Crippen LogP contribution in [0.25, 0.3) is 0 Å². The van der Waals surface area contributed by atoms with E-state index >= 15 is 0 Å². The van der Waals surface area contributed by atoms with Crippen molar-refractivity contribution < 1.29 is 13.2 Å². The highest BCUT2D eigenvalue weighted by atomic mass is 35.5. The minimum Gasteiger partial charge on any atom is -0.354 e. The number of thiophene rings is 1. The Morgan fingerprint density at radius 2 is 1.88 bits per heavy atom. The smallest absolute Gasteiger partial charge is 0.220 e. The number of carbonyl (C=O) groups excluding carboxylic acids is 1. The van der Waals surface area contributed by atoms with E-state index in [2.05, 4.69) is 5.32 Å². The van der Waals surface area contributed by atoms with Crippen molar-refractivity contribution in [3.8, 4) is 0 Å². The quantitative estimate of drug-likeness (QED) is 0.781. The van der Waals surface area contributed by atoms with Crippen molar-refractivity contribution >= 4 is 38.7 Å². The van der Waals surface area contributed by atoms with Gasteiger partial charge in [0.05, 0.1) is 0 Å². The predicted molar refractivity (Wildman–Crippen MR) is 98.2 cm³/mol. The zero-order valence-corrected chi connectivity index (χ0v) is 15.9. The first-order valence-corrected chi connectivity index (χ1v) is 10.4. The van der Waals surface area contributed by atoms with E-state index in [1.165, 1.54) is 11.3 Å². The maximum absolute atomic E-state index is 12.9. The van der Waals surface area contributed by atoms with E-state index in [4.69, 9.17) is 11.6 Å². The monoisotopic (exact) mass is 385 g/mol. The highest BCUT2D eigenvalue weighted by Crippen LogP contribution is 2.31. The predicted octanol–water partition coefficient (Wildman–Crippen LogP) is 4.08. The fourth-order valence-corrected chi connectivity index (χ4v) is 5.29. The SMILES string of the molecule is CC(C)CC(=O)NC[C@H](c1ccc(Cl)cc1)S(=O)(=O)c1cccs1. The van der Waals surface area contributed by atoms with E-state index in [9.17, 15) is 13.2 Å². The largest absolute Gasteiger partial charge is 0.354 e. The van der Waals surface area contributed by atoms with Crippen LogP contribution in [0.2, 0.25) is 5.02 Å². The molecule has 0 radical (unpaired) electrons. The average Bonchev–Trinajstić information content (AvgIpc) is 3.03. The van der Waals surface area contributed by atoms with Crippen molar-refractivity contribution in [3.63, 3.8) is 0 Å². The van der Waals surface area contributed by atoms with Gasteiger partial charge in [-0.2, -0.15) is 0 Å². The summed E-state index contributed by atoms with van der Waals surface area (Å²) in [5.41, 5.74) is 0.609. The van der Waals surface area contributed by atoms with E-state index in [1.54, 1.807) is 41.8 Å². The summed E-state index contributed by atoms with van der Waals surface area (Å²) in [6, 6.07) is 9.97. The van der Waals surface area contributed by atoms with E-state index in [-0.39, 0.29) is 18.4 Å². The molecule has 1 atom stereocenters. The molecule has 130 valence electrons. The lowest BCUT2D eigenvalue weighted by atomic mass is 10.1. The van der Waals surface area contributed by atoms with Crippen molar-refractivity contribution in [3.05, 3.63) is 52.4 Å². The van der Waals surface area contributed by atoms with Gasteiger partial charge in [0.2, 0.25) is 5.91 Å². The number of hydrogen-bond acceptors (Lipinski definition) is 4. The van der Waals surface area contributed by atoms with Gasteiger partial charge >= 0.3 is 0 Å². The molecular formula is C17H20ClNO3S2. The third-order valence-electron chi connectivity index (χ3n) is 3.47. The second kappa shape index (κ2) is 8.14. The van der Waals surface area contributed by atoms with Gasteiger partial charge in [-0.1, -0.05) is 43.6 Å². The first-order valence-electron chi connectivity index (χ1n) is 7.60. The molecule has 0 bridgehead atoms. The summed E-state index contributed by atoms with van der Waals surface area (Å²) in [4.78, 5) is 11.9. The van der Waals surface area contributed by atoms with E-state index < -0.39 is 15.1 Å². The van der Waals surface area contributed by atoms with Crippen LogP contribution in [0.3, 0.4) is 0 Å². The Morgan fingerprint density at radius 1 is 1.21 bits per heavy atom. The number of benzene rings is 1. The summed E-state index contributed by atoms with van der Waals surface area (Å²) in [5.74, 6) is 0.0678. The second-order valence-electron chi connectivity index (χ2n) is 5.92. The van der Waals surface area contributed by atoms with Gasteiger partial charge in [-0.15, -0.1) is 11.3 Å². The number of halogens is 1. The van der Waals surface area contributed by atoms with E-state index in [0.717, 1.165) is 0 Å².